The van der Waals surface area contributed by atoms with Gasteiger partial charge in [-0.1, -0.05) is 12.1 Å². The molecular weight excluding hydrogens is 180 g/mol. The van der Waals surface area contributed by atoms with Crippen molar-refractivity contribution in [1.82, 2.24) is 0 Å². The van der Waals surface area contributed by atoms with Gasteiger partial charge in [-0.2, -0.15) is 0 Å². The maximum absolute atomic E-state index is 9.11. The van der Waals surface area contributed by atoms with Crippen LogP contribution in [0.5, 0.6) is 5.75 Å². The van der Waals surface area contributed by atoms with Crippen LogP contribution < -0.4 is 4.74 Å². The quantitative estimate of drug-likeness (QED) is 0.780. The summed E-state index contributed by atoms with van der Waals surface area (Å²) in [7, 11) is 1.62. The third-order valence-corrected chi connectivity index (χ3v) is 2.00. The van der Waals surface area contributed by atoms with Gasteiger partial charge in [-0.3, -0.25) is 0 Å². The van der Waals surface area contributed by atoms with Crippen molar-refractivity contribution in [2.45, 2.75) is 13.0 Å². The molecule has 0 bridgehead atoms. The molecule has 0 saturated heterocycles. The van der Waals surface area contributed by atoms with Crippen molar-refractivity contribution >= 4 is 0 Å². The van der Waals surface area contributed by atoms with E-state index in [4.69, 9.17) is 14.6 Å². The Labute approximate surface area is 84.3 Å². The summed E-state index contributed by atoms with van der Waals surface area (Å²) in [4.78, 5) is 0. The summed E-state index contributed by atoms with van der Waals surface area (Å²) in [6, 6.07) is 7.54. The summed E-state index contributed by atoms with van der Waals surface area (Å²) in [5.41, 5.74) is 0.939. The van der Waals surface area contributed by atoms with Gasteiger partial charge in [0.1, 0.15) is 11.9 Å². The van der Waals surface area contributed by atoms with Gasteiger partial charge in [0.25, 0.3) is 0 Å². The standard InChI is InChI=1S/C11H16O3/c1-3-14-11(8-12)9-5-4-6-10(7-9)13-2/h4-7,11-12H,3,8H2,1-2H3. The van der Waals surface area contributed by atoms with Gasteiger partial charge >= 0.3 is 0 Å². The van der Waals surface area contributed by atoms with E-state index in [1.165, 1.54) is 0 Å². The highest BCUT2D eigenvalue weighted by Gasteiger charge is 2.10. The van der Waals surface area contributed by atoms with Crippen molar-refractivity contribution in [2.24, 2.45) is 0 Å². The molecule has 0 amide bonds. The Bertz CT molecular complexity index is 273. The van der Waals surface area contributed by atoms with E-state index in [9.17, 15) is 0 Å². The molecule has 0 spiro atoms. The molecule has 0 aliphatic rings. The second-order valence-corrected chi connectivity index (χ2v) is 2.90. The SMILES string of the molecule is CCOC(CO)c1cccc(OC)c1. The minimum absolute atomic E-state index is 0.0129. The van der Waals surface area contributed by atoms with Crippen molar-refractivity contribution in [3.05, 3.63) is 29.8 Å². The summed E-state index contributed by atoms with van der Waals surface area (Å²) in [6.07, 6.45) is -0.255. The predicted molar refractivity (Wildman–Crippen MR) is 54.4 cm³/mol. The molecule has 1 aromatic carbocycles. The van der Waals surface area contributed by atoms with E-state index in [2.05, 4.69) is 0 Å². The fraction of sp³-hybridized carbons (Fsp3) is 0.455. The summed E-state index contributed by atoms with van der Waals surface area (Å²) in [5.74, 6) is 0.778. The third kappa shape index (κ3) is 2.72. The first-order chi connectivity index (χ1) is 6.81. The Morgan fingerprint density at radius 3 is 2.79 bits per heavy atom. The van der Waals surface area contributed by atoms with Gasteiger partial charge in [-0.05, 0) is 24.6 Å². The van der Waals surface area contributed by atoms with Crippen LogP contribution in [0.2, 0.25) is 0 Å². The van der Waals surface area contributed by atoms with Crippen molar-refractivity contribution in [1.29, 1.82) is 0 Å². The highest BCUT2D eigenvalue weighted by atomic mass is 16.5. The monoisotopic (exact) mass is 196 g/mol. The lowest BCUT2D eigenvalue weighted by Gasteiger charge is -2.15. The zero-order valence-electron chi connectivity index (χ0n) is 8.56. The maximum atomic E-state index is 9.11. The van der Waals surface area contributed by atoms with Crippen LogP contribution in [0.3, 0.4) is 0 Å². The number of hydrogen-bond acceptors (Lipinski definition) is 3. The number of benzene rings is 1. The molecule has 14 heavy (non-hydrogen) atoms. The Morgan fingerprint density at radius 2 is 2.21 bits per heavy atom. The maximum Gasteiger partial charge on any atom is 0.119 e. The van der Waals surface area contributed by atoms with Gasteiger partial charge in [-0.15, -0.1) is 0 Å². The van der Waals surface area contributed by atoms with Gasteiger partial charge in [0, 0.05) is 6.61 Å². The van der Waals surface area contributed by atoms with E-state index in [-0.39, 0.29) is 12.7 Å². The number of aliphatic hydroxyl groups excluding tert-OH is 1. The molecule has 1 atom stereocenters. The lowest BCUT2D eigenvalue weighted by atomic mass is 10.1. The lowest BCUT2D eigenvalue weighted by Crippen LogP contribution is -2.08. The largest absolute Gasteiger partial charge is 0.497 e. The molecule has 1 aromatic rings. The van der Waals surface area contributed by atoms with E-state index in [1.54, 1.807) is 7.11 Å². The second kappa shape index (κ2) is 5.62. The zero-order valence-corrected chi connectivity index (χ0v) is 8.56. The van der Waals surface area contributed by atoms with Gasteiger partial charge in [0.15, 0.2) is 0 Å². The van der Waals surface area contributed by atoms with Crippen LogP contribution in [0.25, 0.3) is 0 Å². The molecule has 0 fully saturated rings. The minimum atomic E-state index is -0.255. The molecule has 0 aliphatic heterocycles. The van der Waals surface area contributed by atoms with Crippen molar-refractivity contribution in [2.75, 3.05) is 20.3 Å². The molecule has 0 radical (unpaired) electrons. The molecule has 0 aromatic heterocycles. The molecule has 1 rings (SSSR count). The van der Waals surface area contributed by atoms with Gasteiger partial charge in [0.2, 0.25) is 0 Å². The molecule has 0 heterocycles. The van der Waals surface area contributed by atoms with Crippen LogP contribution in [0.15, 0.2) is 24.3 Å². The van der Waals surface area contributed by atoms with E-state index >= 15 is 0 Å². The van der Waals surface area contributed by atoms with Crippen LogP contribution in [-0.4, -0.2) is 25.4 Å². The van der Waals surface area contributed by atoms with Crippen LogP contribution >= 0.6 is 0 Å². The van der Waals surface area contributed by atoms with Crippen LogP contribution in [0.1, 0.15) is 18.6 Å². The summed E-state index contributed by atoms with van der Waals surface area (Å²) in [5, 5.41) is 9.11. The van der Waals surface area contributed by atoms with Crippen LogP contribution in [0, 0.1) is 0 Å². The Hall–Kier alpha value is -1.06. The first kappa shape index (κ1) is 11.0. The van der Waals surface area contributed by atoms with Crippen LogP contribution in [-0.2, 0) is 4.74 Å². The van der Waals surface area contributed by atoms with Gasteiger partial charge in [0.05, 0.1) is 13.7 Å². The van der Waals surface area contributed by atoms with Crippen LogP contribution in [0.4, 0.5) is 0 Å². The van der Waals surface area contributed by atoms with Crippen molar-refractivity contribution in [3.63, 3.8) is 0 Å². The molecule has 78 valence electrons. The molecule has 0 saturated carbocycles. The number of rotatable bonds is 5. The lowest BCUT2D eigenvalue weighted by molar-refractivity contribution is 0.0188. The minimum Gasteiger partial charge on any atom is -0.497 e. The molecule has 1 unspecified atom stereocenters. The fourth-order valence-electron chi connectivity index (χ4n) is 1.30. The highest BCUT2D eigenvalue weighted by Crippen LogP contribution is 2.21. The average Bonchev–Trinajstić information content (AvgIpc) is 2.26. The second-order valence-electron chi connectivity index (χ2n) is 2.90. The molecule has 3 heteroatoms. The first-order valence-corrected chi connectivity index (χ1v) is 4.68. The van der Waals surface area contributed by atoms with Crippen molar-refractivity contribution < 1.29 is 14.6 Å². The van der Waals surface area contributed by atoms with Crippen molar-refractivity contribution in [3.8, 4) is 5.75 Å². The number of ether oxygens (including phenoxy) is 2. The molecular formula is C11H16O3. The smallest absolute Gasteiger partial charge is 0.119 e. The van der Waals surface area contributed by atoms with E-state index in [0.29, 0.717) is 6.61 Å². The predicted octanol–water partition coefficient (Wildman–Crippen LogP) is 1.77. The normalized spacial score (nSPS) is 12.5. The zero-order chi connectivity index (χ0) is 10.4. The average molecular weight is 196 g/mol. The van der Waals surface area contributed by atoms with Gasteiger partial charge < -0.3 is 14.6 Å². The summed E-state index contributed by atoms with van der Waals surface area (Å²) >= 11 is 0. The van der Waals surface area contributed by atoms with E-state index in [0.717, 1.165) is 11.3 Å². The topological polar surface area (TPSA) is 38.7 Å². The molecule has 3 nitrogen and oxygen atoms in total. The number of methoxy groups -OCH3 is 1. The van der Waals surface area contributed by atoms with E-state index in [1.807, 2.05) is 31.2 Å². The Morgan fingerprint density at radius 1 is 1.43 bits per heavy atom. The first-order valence-electron chi connectivity index (χ1n) is 4.68. The Kier molecular flexibility index (Phi) is 4.43. The Balaban J connectivity index is 2.80. The third-order valence-electron chi connectivity index (χ3n) is 2.00. The number of hydrogen-bond donors (Lipinski definition) is 1. The number of aliphatic hydroxyl groups is 1. The summed E-state index contributed by atoms with van der Waals surface area (Å²) < 4.78 is 10.5. The fourth-order valence-corrected chi connectivity index (χ4v) is 1.30. The van der Waals surface area contributed by atoms with Gasteiger partial charge in [-0.25, -0.2) is 0 Å². The highest BCUT2D eigenvalue weighted by molar-refractivity contribution is 5.29. The van der Waals surface area contributed by atoms with E-state index < -0.39 is 0 Å². The molecule has 0 aliphatic carbocycles. The molecule has 1 N–H and O–H groups in total. The summed E-state index contributed by atoms with van der Waals surface area (Å²) in [6.45, 7) is 2.48.